The summed E-state index contributed by atoms with van der Waals surface area (Å²) in [6.45, 7) is 4.48. The molecule has 0 fully saturated rings. The first kappa shape index (κ1) is 6.59. The molecule has 0 saturated heterocycles. The average molecular weight is 127 g/mol. The Morgan fingerprint density at radius 1 is 1.44 bits per heavy atom. The van der Waals surface area contributed by atoms with Crippen molar-refractivity contribution in [1.29, 1.82) is 0 Å². The van der Waals surface area contributed by atoms with Crippen molar-refractivity contribution in [3.05, 3.63) is 0 Å². The lowest BCUT2D eigenvalue weighted by Crippen LogP contribution is -2.30. The maximum Gasteiger partial charge on any atom is 0.234 e. The molecule has 1 aliphatic rings. The molecule has 0 aromatic rings. The van der Waals surface area contributed by atoms with Crippen molar-refractivity contribution in [2.45, 2.75) is 25.9 Å². The molecule has 0 aromatic heterocycles. The zero-order valence-electron chi connectivity index (χ0n) is 6.63. The Balaban J connectivity index is 2.70. The third-order valence-electron chi connectivity index (χ3n) is 2.35. The van der Waals surface area contributed by atoms with Gasteiger partial charge in [-0.25, -0.2) is 0 Å². The van der Waals surface area contributed by atoms with E-state index in [1.807, 2.05) is 0 Å². The molecule has 0 aliphatic carbocycles. The van der Waals surface area contributed by atoms with Crippen LogP contribution in [0.1, 0.15) is 13.8 Å². The summed E-state index contributed by atoms with van der Waals surface area (Å²) < 4.78 is 2.24. The zero-order valence-corrected chi connectivity index (χ0v) is 6.63. The maximum absolute atomic E-state index is 2.24. The molecule has 0 amide bonds. The van der Waals surface area contributed by atoms with Gasteiger partial charge in [-0.3, -0.25) is 9.48 Å². The van der Waals surface area contributed by atoms with Gasteiger partial charge in [0.2, 0.25) is 6.34 Å². The standard InChI is InChI=1S/C7H15N2/c1-6-7(2)9(4)5-8(6)3/h5-7H,1-4H3/q+1. The molecule has 52 valence electrons. The monoisotopic (exact) mass is 127 g/mol. The molecule has 0 spiro atoms. The minimum Gasteiger partial charge on any atom is -0.264 e. The molecule has 0 aromatic carbocycles. The smallest absolute Gasteiger partial charge is 0.234 e. The molecule has 2 atom stereocenters. The van der Waals surface area contributed by atoms with Crippen molar-refractivity contribution in [1.82, 2.24) is 4.90 Å². The first-order chi connectivity index (χ1) is 4.13. The zero-order chi connectivity index (χ0) is 7.02. The van der Waals surface area contributed by atoms with E-state index in [0.29, 0.717) is 12.1 Å². The second kappa shape index (κ2) is 2.01. The van der Waals surface area contributed by atoms with E-state index in [0.717, 1.165) is 0 Å². The molecular formula is C7H15N2+. The Kier molecular flexibility index (Phi) is 1.47. The predicted molar refractivity (Wildman–Crippen MR) is 38.9 cm³/mol. The Bertz CT molecular complexity index is 140. The fourth-order valence-electron chi connectivity index (χ4n) is 1.18. The van der Waals surface area contributed by atoms with Crippen LogP contribution in [0.4, 0.5) is 0 Å². The van der Waals surface area contributed by atoms with Crippen LogP contribution in [0.3, 0.4) is 0 Å². The number of hydrogen-bond acceptors (Lipinski definition) is 1. The van der Waals surface area contributed by atoms with Crippen LogP contribution in [0.2, 0.25) is 0 Å². The molecular weight excluding hydrogens is 112 g/mol. The van der Waals surface area contributed by atoms with Gasteiger partial charge in [0.05, 0.1) is 14.1 Å². The number of hydrogen-bond donors (Lipinski definition) is 0. The third kappa shape index (κ3) is 0.934. The van der Waals surface area contributed by atoms with Crippen LogP contribution in [0, 0.1) is 0 Å². The summed E-state index contributed by atoms with van der Waals surface area (Å²) in [6.07, 6.45) is 2.15. The molecule has 0 N–H and O–H groups in total. The van der Waals surface area contributed by atoms with Gasteiger partial charge in [0.1, 0.15) is 12.1 Å². The highest BCUT2D eigenvalue weighted by Gasteiger charge is 2.29. The van der Waals surface area contributed by atoms with E-state index in [9.17, 15) is 0 Å². The first-order valence-corrected chi connectivity index (χ1v) is 3.42. The van der Waals surface area contributed by atoms with Gasteiger partial charge in [-0.05, 0) is 13.8 Å². The van der Waals surface area contributed by atoms with Crippen molar-refractivity contribution in [3.63, 3.8) is 0 Å². The minimum atomic E-state index is 0.662. The Morgan fingerprint density at radius 2 is 2.00 bits per heavy atom. The van der Waals surface area contributed by atoms with E-state index in [2.05, 4.69) is 43.8 Å². The Labute approximate surface area is 56.8 Å². The average Bonchev–Trinajstić information content (AvgIpc) is 1.98. The fourth-order valence-corrected chi connectivity index (χ4v) is 1.18. The summed E-state index contributed by atoms with van der Waals surface area (Å²) in [5.41, 5.74) is 0. The lowest BCUT2D eigenvalue weighted by molar-refractivity contribution is -0.522. The number of likely N-dealkylation sites (N-methyl/N-ethyl adjacent to an activating group) is 2. The van der Waals surface area contributed by atoms with Gasteiger partial charge in [-0.1, -0.05) is 0 Å². The molecule has 0 bridgehead atoms. The molecule has 2 heteroatoms. The highest BCUT2D eigenvalue weighted by atomic mass is 15.3. The van der Waals surface area contributed by atoms with Gasteiger partial charge >= 0.3 is 0 Å². The molecule has 0 radical (unpaired) electrons. The van der Waals surface area contributed by atoms with E-state index in [1.165, 1.54) is 0 Å². The molecule has 1 heterocycles. The molecule has 1 aliphatic heterocycles. The Morgan fingerprint density at radius 3 is 2.11 bits per heavy atom. The second-order valence-corrected chi connectivity index (χ2v) is 2.93. The largest absolute Gasteiger partial charge is 0.264 e. The summed E-state index contributed by atoms with van der Waals surface area (Å²) in [6, 6.07) is 1.32. The van der Waals surface area contributed by atoms with E-state index < -0.39 is 0 Å². The van der Waals surface area contributed by atoms with Crippen molar-refractivity contribution in [2.75, 3.05) is 14.1 Å². The summed E-state index contributed by atoms with van der Waals surface area (Å²) in [5, 5.41) is 0. The highest BCUT2D eigenvalue weighted by molar-refractivity contribution is 5.50. The topological polar surface area (TPSA) is 6.25 Å². The van der Waals surface area contributed by atoms with Crippen LogP contribution >= 0.6 is 0 Å². The van der Waals surface area contributed by atoms with Crippen LogP contribution in [-0.2, 0) is 0 Å². The second-order valence-electron chi connectivity index (χ2n) is 2.93. The molecule has 0 saturated carbocycles. The van der Waals surface area contributed by atoms with Crippen molar-refractivity contribution < 1.29 is 4.58 Å². The van der Waals surface area contributed by atoms with E-state index >= 15 is 0 Å². The van der Waals surface area contributed by atoms with Gasteiger partial charge in [0.25, 0.3) is 0 Å². The van der Waals surface area contributed by atoms with E-state index in [4.69, 9.17) is 0 Å². The third-order valence-corrected chi connectivity index (χ3v) is 2.35. The molecule has 2 nitrogen and oxygen atoms in total. The molecule has 1 rings (SSSR count). The van der Waals surface area contributed by atoms with Gasteiger partial charge < -0.3 is 0 Å². The van der Waals surface area contributed by atoms with Crippen LogP contribution in [0.25, 0.3) is 0 Å². The van der Waals surface area contributed by atoms with Crippen molar-refractivity contribution in [2.24, 2.45) is 0 Å². The maximum atomic E-state index is 2.24. The van der Waals surface area contributed by atoms with E-state index in [1.54, 1.807) is 0 Å². The van der Waals surface area contributed by atoms with Crippen molar-refractivity contribution in [3.8, 4) is 0 Å². The lowest BCUT2D eigenvalue weighted by Gasteiger charge is -2.10. The fraction of sp³-hybridized carbons (Fsp3) is 0.857. The summed E-state index contributed by atoms with van der Waals surface area (Å²) >= 11 is 0. The SMILES string of the molecule is CC1C(C)[N+](C)=CN1C. The normalized spacial score (nSPS) is 35.1. The minimum absolute atomic E-state index is 0.662. The predicted octanol–water partition coefficient (Wildman–Crippen LogP) is 0.379. The van der Waals surface area contributed by atoms with Crippen molar-refractivity contribution >= 4 is 6.34 Å². The number of nitrogens with zero attached hydrogens (tertiary/aromatic N) is 2. The van der Waals surface area contributed by atoms with Crippen LogP contribution in [0.5, 0.6) is 0 Å². The van der Waals surface area contributed by atoms with Gasteiger partial charge in [-0.15, -0.1) is 0 Å². The summed E-state index contributed by atoms with van der Waals surface area (Å²) in [5.74, 6) is 0. The van der Waals surface area contributed by atoms with Crippen LogP contribution < -0.4 is 0 Å². The van der Waals surface area contributed by atoms with Crippen LogP contribution in [0.15, 0.2) is 0 Å². The Hall–Kier alpha value is -0.530. The van der Waals surface area contributed by atoms with Gasteiger partial charge in [0.15, 0.2) is 0 Å². The first-order valence-electron chi connectivity index (χ1n) is 3.42. The molecule has 9 heavy (non-hydrogen) atoms. The van der Waals surface area contributed by atoms with Gasteiger partial charge in [-0.2, -0.15) is 0 Å². The highest BCUT2D eigenvalue weighted by Crippen LogP contribution is 2.07. The number of rotatable bonds is 0. The van der Waals surface area contributed by atoms with Gasteiger partial charge in [0, 0.05) is 0 Å². The summed E-state index contributed by atoms with van der Waals surface area (Å²) in [7, 11) is 4.23. The summed E-state index contributed by atoms with van der Waals surface area (Å²) in [4.78, 5) is 2.24. The quantitative estimate of drug-likeness (QED) is 0.426. The van der Waals surface area contributed by atoms with E-state index in [-0.39, 0.29) is 0 Å². The molecule has 2 unspecified atom stereocenters. The lowest BCUT2D eigenvalue weighted by atomic mass is 10.2. The van der Waals surface area contributed by atoms with Crippen LogP contribution in [-0.4, -0.2) is 42.0 Å².